The lowest BCUT2D eigenvalue weighted by molar-refractivity contribution is -0.115. The van der Waals surface area contributed by atoms with Crippen LogP contribution in [0.2, 0.25) is 10.0 Å². The molecular weight excluding hydrogens is 591 g/mol. The second-order valence-corrected chi connectivity index (χ2v) is 12.7. The molecule has 1 aromatic carbocycles. The minimum Gasteiger partial charge on any atom is -0.495 e. The van der Waals surface area contributed by atoms with E-state index in [1.54, 1.807) is 25.3 Å². The van der Waals surface area contributed by atoms with Crippen molar-refractivity contribution in [2.24, 2.45) is 5.92 Å². The highest BCUT2D eigenvalue weighted by Crippen LogP contribution is 2.46. The van der Waals surface area contributed by atoms with Gasteiger partial charge in [-0.15, -0.1) is 0 Å². The van der Waals surface area contributed by atoms with E-state index in [1.165, 1.54) is 20.3 Å². The van der Waals surface area contributed by atoms with Crippen molar-refractivity contribution < 1.29 is 27.4 Å². The average molecular weight is 624 g/mol. The maximum atomic E-state index is 12.2. The van der Waals surface area contributed by atoms with Gasteiger partial charge in [0.05, 0.1) is 55.0 Å². The van der Waals surface area contributed by atoms with E-state index < -0.39 is 9.84 Å². The van der Waals surface area contributed by atoms with E-state index in [2.05, 4.69) is 22.2 Å². The Hall–Kier alpha value is -3.12. The zero-order valence-electron chi connectivity index (χ0n) is 23.0. The number of pyridine rings is 2. The molecule has 1 saturated heterocycles. The molecule has 2 aromatic heterocycles. The van der Waals surface area contributed by atoms with Crippen LogP contribution >= 0.6 is 23.2 Å². The number of ketones is 1. The maximum absolute atomic E-state index is 12.2. The molecule has 3 heterocycles. The monoisotopic (exact) mass is 622 g/mol. The van der Waals surface area contributed by atoms with Crippen molar-refractivity contribution in [1.82, 2.24) is 9.97 Å². The summed E-state index contributed by atoms with van der Waals surface area (Å²) in [5.41, 5.74) is 0.816. The van der Waals surface area contributed by atoms with Crippen LogP contribution in [0.15, 0.2) is 37.1 Å². The van der Waals surface area contributed by atoms with Gasteiger partial charge >= 0.3 is 0 Å². The first-order chi connectivity index (χ1) is 19.6. The molecule has 4 rings (SSSR count). The Kier molecular flexibility index (Phi) is 9.96. The zero-order valence-corrected chi connectivity index (χ0v) is 25.3. The summed E-state index contributed by atoms with van der Waals surface area (Å²) >= 11 is 13.3. The van der Waals surface area contributed by atoms with Gasteiger partial charge in [0, 0.05) is 53.2 Å². The van der Waals surface area contributed by atoms with Crippen LogP contribution in [-0.4, -0.2) is 75.7 Å². The van der Waals surface area contributed by atoms with Crippen LogP contribution in [0.1, 0.15) is 13.3 Å². The summed E-state index contributed by atoms with van der Waals surface area (Å²) < 4.78 is 40.8. The Balaban J connectivity index is 1.77. The van der Waals surface area contributed by atoms with Crippen LogP contribution in [0.3, 0.4) is 0 Å². The molecule has 13 heteroatoms. The summed E-state index contributed by atoms with van der Waals surface area (Å²) in [5, 5.41) is 8.44. The lowest BCUT2D eigenvalue weighted by atomic mass is 9.97. The van der Waals surface area contributed by atoms with Crippen molar-refractivity contribution in [2.75, 3.05) is 56.1 Å². The van der Waals surface area contributed by atoms with Crippen molar-refractivity contribution in [3.8, 4) is 22.8 Å². The van der Waals surface area contributed by atoms with Crippen LogP contribution in [0, 0.1) is 5.92 Å². The quantitative estimate of drug-likeness (QED) is 0.250. The molecule has 1 aliphatic heterocycles. The Morgan fingerprint density at radius 2 is 1.88 bits per heavy atom. The van der Waals surface area contributed by atoms with Gasteiger partial charge in [-0.25, -0.2) is 18.4 Å². The van der Waals surface area contributed by atoms with E-state index in [0.717, 1.165) is 0 Å². The molecule has 10 nitrogen and oxygen atoms in total. The lowest BCUT2D eigenvalue weighted by Gasteiger charge is -2.20. The number of hydrogen-bond acceptors (Lipinski definition) is 10. The second-order valence-electron chi connectivity index (χ2n) is 9.52. The fourth-order valence-corrected chi connectivity index (χ4v) is 5.95. The number of rotatable bonds is 13. The van der Waals surface area contributed by atoms with E-state index in [9.17, 15) is 13.2 Å². The number of carbonyl (C=O) groups excluding carboxylic acids is 1. The van der Waals surface area contributed by atoms with Crippen LogP contribution in [-0.2, 0) is 19.4 Å². The van der Waals surface area contributed by atoms with E-state index in [4.69, 9.17) is 42.4 Å². The van der Waals surface area contributed by atoms with Gasteiger partial charge in [-0.1, -0.05) is 36.7 Å². The highest BCUT2D eigenvalue weighted by molar-refractivity contribution is 7.91. The first-order valence-corrected chi connectivity index (χ1v) is 15.5. The van der Waals surface area contributed by atoms with Gasteiger partial charge in [0.2, 0.25) is 0 Å². The number of aromatic nitrogens is 2. The number of halogens is 2. The molecule has 0 bridgehead atoms. The third kappa shape index (κ3) is 7.03. The van der Waals surface area contributed by atoms with Gasteiger partial charge in [0.15, 0.2) is 15.6 Å². The van der Waals surface area contributed by atoms with Crippen LogP contribution in [0.5, 0.6) is 11.5 Å². The Morgan fingerprint density at radius 1 is 1.17 bits per heavy atom. The number of methoxy groups -OCH3 is 2. The summed E-state index contributed by atoms with van der Waals surface area (Å²) in [6, 6.07) is 5.08. The summed E-state index contributed by atoms with van der Waals surface area (Å²) in [6.45, 7) is 6.19. The smallest absolute Gasteiger partial charge is 0.155 e. The van der Waals surface area contributed by atoms with E-state index in [1.807, 2.05) is 6.07 Å². The molecule has 0 unspecified atom stereocenters. The first-order valence-electron chi connectivity index (χ1n) is 13.0. The van der Waals surface area contributed by atoms with E-state index >= 15 is 0 Å². The van der Waals surface area contributed by atoms with Gasteiger partial charge in [-0.05, 0) is 18.2 Å². The highest BCUT2D eigenvalue weighted by atomic mass is 35.5. The number of nitrogens with zero attached hydrogens (tertiary/aromatic N) is 2. The fraction of sp³-hybridized carbons (Fsp3) is 0.393. The fourth-order valence-electron chi connectivity index (χ4n) is 4.56. The molecule has 0 amide bonds. The number of allylic oxidation sites excluding steroid dienone is 1. The highest BCUT2D eigenvalue weighted by Gasteiger charge is 2.30. The van der Waals surface area contributed by atoms with Crippen LogP contribution in [0.4, 0.5) is 11.6 Å². The van der Waals surface area contributed by atoms with Gasteiger partial charge in [0.1, 0.15) is 23.1 Å². The lowest BCUT2D eigenvalue weighted by Crippen LogP contribution is -2.29. The van der Waals surface area contributed by atoms with Crippen molar-refractivity contribution in [3.63, 3.8) is 0 Å². The normalized spacial score (nSPS) is 16.9. The van der Waals surface area contributed by atoms with Crippen molar-refractivity contribution in [3.05, 3.63) is 47.1 Å². The molecule has 0 aliphatic carbocycles. The molecule has 1 fully saturated rings. The predicted octanol–water partition coefficient (Wildman–Crippen LogP) is 5.04. The Morgan fingerprint density at radius 3 is 2.51 bits per heavy atom. The number of anilines is 2. The molecule has 2 atom stereocenters. The van der Waals surface area contributed by atoms with Gasteiger partial charge in [0.25, 0.3) is 0 Å². The minimum atomic E-state index is -3.22. The number of sulfone groups is 1. The SMILES string of the molecule is C=CC(=O)C[C@H]1COC[C@H]1Nc1cc2c(NCCS(=O)(=O)CC)nc(-c3c(Cl)c(OC)cc(OC)c3Cl)cc2cn1. The number of benzene rings is 1. The summed E-state index contributed by atoms with van der Waals surface area (Å²) in [4.78, 5) is 21.3. The molecule has 0 spiro atoms. The molecular formula is C28H32Cl2N4O6S. The van der Waals surface area contributed by atoms with Crippen LogP contribution < -0.4 is 20.1 Å². The largest absolute Gasteiger partial charge is 0.495 e. The molecule has 41 heavy (non-hydrogen) atoms. The van der Waals surface area contributed by atoms with E-state index in [0.29, 0.717) is 64.8 Å². The Bertz CT molecular complexity index is 1540. The summed E-state index contributed by atoms with van der Waals surface area (Å²) in [6.07, 6.45) is 3.32. The topological polar surface area (TPSA) is 129 Å². The number of nitrogens with one attached hydrogen (secondary N) is 2. The predicted molar refractivity (Wildman–Crippen MR) is 162 cm³/mol. The molecule has 3 aromatic rings. The Labute approximate surface area is 249 Å². The van der Waals surface area contributed by atoms with Gasteiger partial charge in [-0.3, -0.25) is 4.79 Å². The number of fused-ring (bicyclic) bond motifs is 1. The van der Waals surface area contributed by atoms with Gasteiger partial charge in [-0.2, -0.15) is 0 Å². The van der Waals surface area contributed by atoms with Crippen molar-refractivity contribution in [2.45, 2.75) is 19.4 Å². The third-order valence-electron chi connectivity index (χ3n) is 6.91. The number of ether oxygens (including phenoxy) is 3. The number of hydrogen-bond donors (Lipinski definition) is 2. The molecule has 220 valence electrons. The number of carbonyl (C=O) groups is 1. The third-order valence-corrected chi connectivity index (χ3v) is 9.37. The standard InChI is InChI=1S/C28H32Cl2N4O6S/c1-5-18(35)9-17-14-40-15-21(17)33-24-11-19-16(13-32-24)10-20(34-28(19)31-7-8-41(36,37)6-2)25-26(29)22(38-3)12-23(39-4)27(25)30/h5,10-13,17,21H,1,6-9,14-15H2,2-4H3,(H,31,34)(H,32,33)/t17-,21+/m0/s1. The average Bonchev–Trinajstić information content (AvgIpc) is 3.39. The van der Waals surface area contributed by atoms with Crippen LogP contribution in [0.25, 0.3) is 22.0 Å². The van der Waals surface area contributed by atoms with Gasteiger partial charge < -0.3 is 24.8 Å². The van der Waals surface area contributed by atoms with Crippen molar-refractivity contribution >= 4 is 61.2 Å². The molecule has 0 saturated carbocycles. The zero-order chi connectivity index (χ0) is 29.7. The summed E-state index contributed by atoms with van der Waals surface area (Å²) in [5.74, 6) is 1.59. The molecule has 0 radical (unpaired) electrons. The maximum Gasteiger partial charge on any atom is 0.155 e. The first kappa shape index (κ1) is 30.8. The van der Waals surface area contributed by atoms with Crippen molar-refractivity contribution in [1.29, 1.82) is 0 Å². The summed E-state index contributed by atoms with van der Waals surface area (Å²) in [7, 11) is -0.247. The minimum absolute atomic E-state index is 0.0253. The molecule has 2 N–H and O–H groups in total. The van der Waals surface area contributed by atoms with E-state index in [-0.39, 0.29) is 45.8 Å². The molecule has 1 aliphatic rings. The second kappa shape index (κ2) is 13.2.